The van der Waals surface area contributed by atoms with E-state index in [-0.39, 0.29) is 0 Å². The van der Waals surface area contributed by atoms with Crippen molar-refractivity contribution in [1.29, 1.82) is 0 Å². The van der Waals surface area contributed by atoms with E-state index in [0.717, 1.165) is 55.4 Å². The Kier molecular flexibility index (Phi) is 16.5. The number of rotatable bonds is 13. The summed E-state index contributed by atoms with van der Waals surface area (Å²) in [5.74, 6) is -6.93. The number of hydrogen-bond acceptors (Lipinski definition) is 22. The van der Waals surface area contributed by atoms with Crippen LogP contribution in [0.5, 0.6) is 0 Å². The molecule has 0 aliphatic carbocycles. The Morgan fingerprint density at radius 1 is 0.411 bits per heavy atom. The van der Waals surface area contributed by atoms with Crippen LogP contribution in [0.15, 0.2) is 0 Å². The lowest BCUT2D eigenvalue weighted by Gasteiger charge is -2.49. The Hall–Kier alpha value is -4.48. The van der Waals surface area contributed by atoms with Gasteiger partial charge in [-0.05, 0) is 13.8 Å². The summed E-state index contributed by atoms with van der Waals surface area (Å²) < 4.78 is 73.3. The third-order valence-corrected chi connectivity index (χ3v) is 8.21. The van der Waals surface area contributed by atoms with Crippen LogP contribution in [0, 0.1) is 0 Å². The second kappa shape index (κ2) is 20.1. The molecule has 0 spiro atoms. The Balaban J connectivity index is 2.14. The summed E-state index contributed by atoms with van der Waals surface area (Å²) >= 11 is 0. The predicted octanol–water partition coefficient (Wildman–Crippen LogP) is -0.951. The zero-order chi connectivity index (χ0) is 42.2. The van der Waals surface area contributed by atoms with Gasteiger partial charge in [0.1, 0.15) is 18.8 Å². The van der Waals surface area contributed by atoms with Crippen LogP contribution >= 0.6 is 0 Å². The lowest BCUT2D eigenvalue weighted by molar-refractivity contribution is -0.380. The van der Waals surface area contributed by atoms with Gasteiger partial charge in [-0.15, -0.1) is 0 Å². The molecule has 3 heterocycles. The zero-order valence-corrected chi connectivity index (χ0v) is 32.4. The lowest BCUT2D eigenvalue weighted by Crippen LogP contribution is -2.68. The van der Waals surface area contributed by atoms with Crippen LogP contribution in [0.4, 0.5) is 0 Å². The molecule has 22 nitrogen and oxygen atoms in total. The van der Waals surface area contributed by atoms with Gasteiger partial charge in [0, 0.05) is 55.4 Å². The Bertz CT molecular complexity index is 1460. The zero-order valence-electron chi connectivity index (χ0n) is 32.4. The maximum atomic E-state index is 12.7. The van der Waals surface area contributed by atoms with Crippen LogP contribution in [0.1, 0.15) is 69.2 Å². The standard InChI is InChI=1S/C34H48O22/c1-12-23(47-15(4)36)26(49-17(6)38)30(52-20(9)41)33(45-12)55-25-22(11-44-14(3)35)54-32(43)29(28(25)51-19(8)40)56-34-31(53-21(10)42)27(50-18(7)39)24(13(2)46-34)48-16(5)37/h12-13,22-34,43H,11H2,1-10H3/t12-,13-,22+,23+,24+,25-,26+,27+,28-,29+,30-,31-,32-,33+,34+/m0/s1. The first kappa shape index (κ1) is 45.9. The van der Waals surface area contributed by atoms with Crippen molar-refractivity contribution in [3.8, 4) is 0 Å². The highest BCUT2D eigenvalue weighted by atomic mass is 16.8. The quantitative estimate of drug-likeness (QED) is 0.173. The minimum absolute atomic E-state index is 0.642. The molecule has 0 bridgehead atoms. The van der Waals surface area contributed by atoms with E-state index in [1.54, 1.807) is 0 Å². The maximum absolute atomic E-state index is 12.7. The third kappa shape index (κ3) is 12.5. The molecule has 316 valence electrons. The van der Waals surface area contributed by atoms with Gasteiger partial charge in [-0.2, -0.15) is 0 Å². The molecule has 0 saturated carbocycles. The highest BCUT2D eigenvalue weighted by molar-refractivity contribution is 5.69. The molecule has 0 radical (unpaired) electrons. The minimum Gasteiger partial charge on any atom is -0.463 e. The fraction of sp³-hybridized carbons (Fsp3) is 0.765. The maximum Gasteiger partial charge on any atom is 0.303 e. The van der Waals surface area contributed by atoms with Gasteiger partial charge >= 0.3 is 47.8 Å². The molecule has 0 amide bonds. The first-order chi connectivity index (χ1) is 26.1. The average molecular weight is 809 g/mol. The van der Waals surface area contributed by atoms with Gasteiger partial charge in [0.05, 0.1) is 12.2 Å². The molecule has 22 heteroatoms. The van der Waals surface area contributed by atoms with E-state index in [2.05, 4.69) is 0 Å². The van der Waals surface area contributed by atoms with E-state index in [1.807, 2.05) is 0 Å². The van der Waals surface area contributed by atoms with E-state index in [1.165, 1.54) is 13.8 Å². The number of ether oxygens (including phenoxy) is 13. The normalized spacial score (nSPS) is 35.4. The van der Waals surface area contributed by atoms with Crippen molar-refractivity contribution in [2.45, 2.75) is 161 Å². The first-order valence-electron chi connectivity index (χ1n) is 17.4. The topological polar surface area (TPSA) is 277 Å². The van der Waals surface area contributed by atoms with Crippen LogP contribution in [0.3, 0.4) is 0 Å². The Morgan fingerprint density at radius 3 is 1.05 bits per heavy atom. The average Bonchev–Trinajstić information content (AvgIpc) is 3.04. The molecule has 3 fully saturated rings. The number of carbonyl (C=O) groups is 8. The monoisotopic (exact) mass is 808 g/mol. The van der Waals surface area contributed by atoms with Gasteiger partial charge in [0.25, 0.3) is 0 Å². The van der Waals surface area contributed by atoms with E-state index >= 15 is 0 Å². The summed E-state index contributed by atoms with van der Waals surface area (Å²) in [5.41, 5.74) is 0. The van der Waals surface area contributed by atoms with Crippen molar-refractivity contribution >= 4 is 47.8 Å². The van der Waals surface area contributed by atoms with Gasteiger partial charge in [0.15, 0.2) is 67.7 Å². The van der Waals surface area contributed by atoms with Gasteiger partial charge in [-0.3, -0.25) is 38.4 Å². The number of aliphatic hydroxyl groups excluding tert-OH is 1. The predicted molar refractivity (Wildman–Crippen MR) is 175 cm³/mol. The van der Waals surface area contributed by atoms with E-state index in [4.69, 9.17) is 61.6 Å². The van der Waals surface area contributed by atoms with E-state index in [0.29, 0.717) is 0 Å². The number of hydrogen-bond donors (Lipinski definition) is 1. The van der Waals surface area contributed by atoms with Crippen molar-refractivity contribution in [2.24, 2.45) is 0 Å². The lowest BCUT2D eigenvalue weighted by atomic mass is 9.95. The van der Waals surface area contributed by atoms with Crippen LogP contribution in [0.25, 0.3) is 0 Å². The fourth-order valence-corrected chi connectivity index (χ4v) is 6.33. The largest absolute Gasteiger partial charge is 0.463 e. The summed E-state index contributed by atoms with van der Waals surface area (Å²) in [7, 11) is 0. The molecular formula is C34H48O22. The molecule has 3 saturated heterocycles. The summed E-state index contributed by atoms with van der Waals surface area (Å²) in [6.07, 6.45) is -23.7. The highest BCUT2D eigenvalue weighted by Crippen LogP contribution is 2.37. The van der Waals surface area contributed by atoms with Crippen LogP contribution in [0.2, 0.25) is 0 Å². The molecule has 0 unspecified atom stereocenters. The van der Waals surface area contributed by atoms with Crippen LogP contribution < -0.4 is 0 Å². The molecule has 15 atom stereocenters. The van der Waals surface area contributed by atoms with Crippen LogP contribution in [-0.4, -0.2) is 152 Å². The molecule has 56 heavy (non-hydrogen) atoms. The molecule has 0 aromatic carbocycles. The molecule has 3 aliphatic heterocycles. The van der Waals surface area contributed by atoms with Crippen molar-refractivity contribution in [1.82, 2.24) is 0 Å². The van der Waals surface area contributed by atoms with Crippen molar-refractivity contribution in [3.63, 3.8) is 0 Å². The number of aliphatic hydroxyl groups is 1. The van der Waals surface area contributed by atoms with Gasteiger partial charge in [-0.1, -0.05) is 0 Å². The number of esters is 8. The number of carbonyl (C=O) groups excluding carboxylic acids is 8. The summed E-state index contributed by atoms with van der Waals surface area (Å²) in [6, 6.07) is 0. The SMILES string of the molecule is CC(=O)OC[C@H]1O[C@H](O)[C@H](O[C@H]2O[C@@H](C)[C@@H](OC(C)=O)[C@@H](OC(C)=O)[C@@H]2OC(C)=O)[C@@H](OC(C)=O)[C@H]1O[C@H]1O[C@@H](C)[C@@H](OC(C)=O)[C@@H](OC(C)=O)[C@@H]1OC(C)=O. The summed E-state index contributed by atoms with van der Waals surface area (Å²) in [5, 5.41) is 11.4. The smallest absolute Gasteiger partial charge is 0.303 e. The van der Waals surface area contributed by atoms with Crippen LogP contribution in [-0.2, 0) is 99.9 Å². The Morgan fingerprint density at radius 2 is 0.714 bits per heavy atom. The molecule has 3 aliphatic rings. The van der Waals surface area contributed by atoms with Crippen molar-refractivity contribution in [3.05, 3.63) is 0 Å². The molecule has 0 aromatic rings. The molecule has 0 aromatic heterocycles. The highest BCUT2D eigenvalue weighted by Gasteiger charge is 2.58. The van der Waals surface area contributed by atoms with E-state index in [9.17, 15) is 43.5 Å². The summed E-state index contributed by atoms with van der Waals surface area (Å²) in [6.45, 7) is 10.6. The second-order valence-electron chi connectivity index (χ2n) is 13.0. The minimum atomic E-state index is -2.06. The Labute approximate surface area is 320 Å². The van der Waals surface area contributed by atoms with Gasteiger partial charge in [-0.25, -0.2) is 0 Å². The van der Waals surface area contributed by atoms with Crippen molar-refractivity contribution in [2.75, 3.05) is 6.61 Å². The molecule has 3 rings (SSSR count). The first-order valence-corrected chi connectivity index (χ1v) is 17.4. The van der Waals surface area contributed by atoms with Crippen molar-refractivity contribution < 1.29 is 105 Å². The van der Waals surface area contributed by atoms with Gasteiger partial charge < -0.3 is 66.7 Å². The summed E-state index contributed by atoms with van der Waals surface area (Å²) in [4.78, 5) is 97.7. The third-order valence-electron chi connectivity index (χ3n) is 8.21. The molecular weight excluding hydrogens is 760 g/mol. The fourth-order valence-electron chi connectivity index (χ4n) is 6.33. The molecule has 1 N–H and O–H groups in total. The second-order valence-corrected chi connectivity index (χ2v) is 13.0. The van der Waals surface area contributed by atoms with E-state index < -0.39 is 146 Å². The van der Waals surface area contributed by atoms with Gasteiger partial charge in [0.2, 0.25) is 0 Å².